The third-order valence-electron chi connectivity index (χ3n) is 18.1. The van der Waals surface area contributed by atoms with Gasteiger partial charge in [-0.05, 0) is 160 Å². The normalized spacial score (nSPS) is 13.7. The van der Waals surface area contributed by atoms with Gasteiger partial charge in [-0.15, -0.1) is 0 Å². The van der Waals surface area contributed by atoms with Gasteiger partial charge in [-0.25, -0.2) is 0 Å². The molecule has 2 heteroatoms. The molecule has 0 spiro atoms. The summed E-state index contributed by atoms with van der Waals surface area (Å²) < 4.78 is 2.48. The minimum atomic E-state index is -0.0792. The first kappa shape index (κ1) is 51.3. The van der Waals surface area contributed by atoms with Crippen LogP contribution in [0.3, 0.4) is 0 Å². The van der Waals surface area contributed by atoms with Crippen LogP contribution in [0.5, 0.6) is 0 Å². The van der Waals surface area contributed by atoms with Crippen LogP contribution in [0.4, 0.5) is 17.1 Å². The van der Waals surface area contributed by atoms with Crippen LogP contribution in [0.25, 0.3) is 72.0 Å². The molecule has 78 heavy (non-hydrogen) atoms. The third-order valence-corrected chi connectivity index (χ3v) is 18.1. The highest BCUT2D eigenvalue weighted by molar-refractivity contribution is 6.10. The Labute approximate surface area is 465 Å². The van der Waals surface area contributed by atoms with Gasteiger partial charge in [0.05, 0.1) is 11.0 Å². The van der Waals surface area contributed by atoms with E-state index in [0.29, 0.717) is 0 Å². The van der Waals surface area contributed by atoms with Crippen molar-refractivity contribution in [3.05, 3.63) is 228 Å². The van der Waals surface area contributed by atoms with Gasteiger partial charge >= 0.3 is 0 Å². The van der Waals surface area contributed by atoms with E-state index in [9.17, 15) is 0 Å². The Bertz CT molecular complexity index is 3740. The molecule has 0 saturated carbocycles. The molecule has 0 bridgehead atoms. The molecule has 0 fully saturated rings. The van der Waals surface area contributed by atoms with E-state index >= 15 is 0 Å². The van der Waals surface area contributed by atoms with E-state index in [2.05, 4.69) is 245 Å². The van der Waals surface area contributed by atoms with E-state index in [0.717, 1.165) is 17.1 Å². The fourth-order valence-electron chi connectivity index (χ4n) is 13.9. The van der Waals surface area contributed by atoms with Crippen molar-refractivity contribution in [1.82, 2.24) is 4.57 Å². The minimum absolute atomic E-state index is 0.0495. The average Bonchev–Trinajstić information content (AvgIpc) is 4.24. The van der Waals surface area contributed by atoms with Crippen LogP contribution < -0.4 is 4.90 Å². The SMILES string of the molecule is CCCCCCCCC1(CCCCCCCC)c2cc(C)ccc2-c2ccc(-c3ccc(N(c4ccc(C)cc4)c4ccc(-c5ccc6c7ccccc7n(-c7ccc8c(c7)C(C)(C)c7ccccc7-8)c6c5)cc4)cc3)cc21. The van der Waals surface area contributed by atoms with Gasteiger partial charge in [-0.3, -0.25) is 0 Å². The molecular weight excluding hydrogens is 941 g/mol. The van der Waals surface area contributed by atoms with Crippen molar-refractivity contribution >= 4 is 38.9 Å². The van der Waals surface area contributed by atoms with Crippen molar-refractivity contribution < 1.29 is 0 Å². The topological polar surface area (TPSA) is 8.17 Å². The largest absolute Gasteiger partial charge is 0.311 e. The number of hydrogen-bond donors (Lipinski definition) is 0. The molecule has 1 heterocycles. The fraction of sp³-hybridized carbons (Fsp3) is 0.289. The van der Waals surface area contributed by atoms with E-state index in [1.807, 2.05) is 0 Å². The summed E-state index contributed by atoms with van der Waals surface area (Å²) in [5.74, 6) is 0. The zero-order chi connectivity index (χ0) is 53.4. The standard InChI is InChI=1S/C76H78N2/c1-7-9-11-13-15-21-47-76(48-22-16-14-12-10-8-2)71-49-54(4)29-43-65(71)66-44-34-57(50-72(66)76)55-30-38-60(39-31-55)77(59-36-27-53(3)28-37-59)61-40-32-56(33-41-61)58-35-45-68-67-24-18-20-26-73(67)78(74(68)51-58)62-42-46-64-63-23-17-19-25-69(63)75(5,6)70(64)52-62/h17-20,23-46,49-52H,7-16,21-22,47-48H2,1-6H3. The van der Waals surface area contributed by atoms with Crippen LogP contribution >= 0.6 is 0 Å². The lowest BCUT2D eigenvalue weighted by Gasteiger charge is -2.33. The number of benzene rings is 9. The minimum Gasteiger partial charge on any atom is -0.311 e. The van der Waals surface area contributed by atoms with E-state index in [1.54, 1.807) is 11.1 Å². The van der Waals surface area contributed by atoms with Gasteiger partial charge in [-0.2, -0.15) is 0 Å². The number of anilines is 3. The van der Waals surface area contributed by atoms with Gasteiger partial charge in [0, 0.05) is 44.4 Å². The van der Waals surface area contributed by atoms with Crippen LogP contribution in [-0.2, 0) is 10.8 Å². The number of aromatic nitrogens is 1. The van der Waals surface area contributed by atoms with Gasteiger partial charge in [-0.1, -0.05) is 243 Å². The Kier molecular flexibility index (Phi) is 14.3. The van der Waals surface area contributed by atoms with E-state index in [4.69, 9.17) is 0 Å². The highest BCUT2D eigenvalue weighted by atomic mass is 15.1. The van der Waals surface area contributed by atoms with Gasteiger partial charge in [0.15, 0.2) is 0 Å². The highest BCUT2D eigenvalue weighted by Crippen LogP contribution is 2.56. The molecule has 12 rings (SSSR count). The zero-order valence-electron chi connectivity index (χ0n) is 47.3. The molecule has 1 aromatic heterocycles. The molecule has 9 aromatic carbocycles. The molecule has 0 amide bonds. The van der Waals surface area contributed by atoms with Crippen molar-refractivity contribution in [2.24, 2.45) is 0 Å². The summed E-state index contributed by atoms with van der Waals surface area (Å²) in [5, 5.41) is 2.54. The summed E-state index contributed by atoms with van der Waals surface area (Å²) in [5.41, 5.74) is 26.2. The molecule has 2 aliphatic carbocycles. The predicted molar refractivity (Wildman–Crippen MR) is 336 cm³/mol. The Hall–Kier alpha value is -7.42. The summed E-state index contributed by atoms with van der Waals surface area (Å²) in [7, 11) is 0. The van der Waals surface area contributed by atoms with Crippen molar-refractivity contribution in [2.75, 3.05) is 4.90 Å². The maximum Gasteiger partial charge on any atom is 0.0547 e. The van der Waals surface area contributed by atoms with Crippen LogP contribution in [-0.4, -0.2) is 4.57 Å². The molecule has 0 N–H and O–H groups in total. The lowest BCUT2D eigenvalue weighted by molar-refractivity contribution is 0.398. The average molecular weight is 1020 g/mol. The van der Waals surface area contributed by atoms with Crippen molar-refractivity contribution in [3.8, 4) is 50.2 Å². The second kappa shape index (κ2) is 21.8. The number of aryl methyl sites for hydroxylation is 2. The Morgan fingerprint density at radius 3 is 1.50 bits per heavy atom. The Balaban J connectivity index is 0.867. The van der Waals surface area contributed by atoms with Crippen LogP contribution in [0.2, 0.25) is 0 Å². The van der Waals surface area contributed by atoms with Crippen LogP contribution in [0.15, 0.2) is 194 Å². The molecule has 0 atom stereocenters. The van der Waals surface area contributed by atoms with Gasteiger partial charge in [0.2, 0.25) is 0 Å². The third kappa shape index (κ3) is 9.40. The predicted octanol–water partition coefficient (Wildman–Crippen LogP) is 22.3. The maximum absolute atomic E-state index is 2.60. The second-order valence-corrected chi connectivity index (χ2v) is 23.7. The quantitative estimate of drug-likeness (QED) is 0.0691. The fourth-order valence-corrected chi connectivity index (χ4v) is 13.9. The number of rotatable bonds is 20. The Morgan fingerprint density at radius 1 is 0.359 bits per heavy atom. The molecule has 0 unspecified atom stereocenters. The van der Waals surface area contributed by atoms with Gasteiger partial charge < -0.3 is 9.47 Å². The summed E-state index contributed by atoms with van der Waals surface area (Å²) in [6, 6.07) is 74.3. The van der Waals surface area contributed by atoms with Crippen molar-refractivity contribution in [2.45, 2.75) is 142 Å². The molecule has 392 valence electrons. The first-order chi connectivity index (χ1) is 38.2. The van der Waals surface area contributed by atoms with E-state index < -0.39 is 0 Å². The van der Waals surface area contributed by atoms with Crippen LogP contribution in [0.1, 0.15) is 151 Å². The maximum atomic E-state index is 2.60. The van der Waals surface area contributed by atoms with Crippen molar-refractivity contribution in [1.29, 1.82) is 0 Å². The second-order valence-electron chi connectivity index (χ2n) is 23.7. The highest BCUT2D eigenvalue weighted by Gasteiger charge is 2.42. The van der Waals surface area contributed by atoms with Gasteiger partial charge in [0.1, 0.15) is 0 Å². The summed E-state index contributed by atoms with van der Waals surface area (Å²) in [6.07, 6.45) is 18.4. The molecule has 2 aliphatic rings. The van der Waals surface area contributed by atoms with Gasteiger partial charge in [0.25, 0.3) is 0 Å². The molecular formula is C76H78N2. The number of hydrogen-bond acceptors (Lipinski definition) is 1. The lowest BCUT2D eigenvalue weighted by atomic mass is 9.70. The number of nitrogens with zero attached hydrogens (tertiary/aromatic N) is 2. The number of para-hydroxylation sites is 1. The molecule has 0 saturated heterocycles. The first-order valence-corrected chi connectivity index (χ1v) is 29.8. The first-order valence-electron chi connectivity index (χ1n) is 29.8. The molecule has 2 nitrogen and oxygen atoms in total. The summed E-state index contributed by atoms with van der Waals surface area (Å²) in [6.45, 7) is 13.9. The smallest absolute Gasteiger partial charge is 0.0547 e. The zero-order valence-corrected chi connectivity index (χ0v) is 47.3. The number of fused-ring (bicyclic) bond motifs is 9. The Morgan fingerprint density at radius 2 is 0.833 bits per heavy atom. The summed E-state index contributed by atoms with van der Waals surface area (Å²) in [4.78, 5) is 2.41. The van der Waals surface area contributed by atoms with E-state index in [-0.39, 0.29) is 10.8 Å². The monoisotopic (exact) mass is 1020 g/mol. The molecule has 0 aliphatic heterocycles. The van der Waals surface area contributed by atoms with Crippen molar-refractivity contribution in [3.63, 3.8) is 0 Å². The lowest BCUT2D eigenvalue weighted by Crippen LogP contribution is -2.25. The molecule has 0 radical (unpaired) electrons. The molecule has 10 aromatic rings. The van der Waals surface area contributed by atoms with Crippen LogP contribution in [0, 0.1) is 13.8 Å². The summed E-state index contributed by atoms with van der Waals surface area (Å²) >= 11 is 0. The number of unbranched alkanes of at least 4 members (excludes halogenated alkanes) is 10. The van der Waals surface area contributed by atoms with E-state index in [1.165, 1.54) is 184 Å².